The third-order valence-corrected chi connectivity index (χ3v) is 6.60. The number of fused-ring (bicyclic) bond motifs is 1. The summed E-state index contributed by atoms with van der Waals surface area (Å²) in [5, 5.41) is 6.50. The molecule has 0 saturated heterocycles. The molecule has 2 amide bonds. The van der Waals surface area contributed by atoms with Gasteiger partial charge in [-0.2, -0.15) is 13.2 Å². The average Bonchev–Trinajstić information content (AvgIpc) is 3.24. The summed E-state index contributed by atoms with van der Waals surface area (Å²) in [6.07, 6.45) is -2.61. The highest BCUT2D eigenvalue weighted by molar-refractivity contribution is 8.00. The summed E-state index contributed by atoms with van der Waals surface area (Å²) in [5.41, 5.74) is 0.648. The number of amides is 2. The van der Waals surface area contributed by atoms with Gasteiger partial charge in [-0.3, -0.25) is 9.59 Å². The number of hydrogen-bond donors (Lipinski definition) is 2. The van der Waals surface area contributed by atoms with Crippen LogP contribution >= 0.6 is 11.8 Å². The SMILES string of the molecule is COc1cccc(NC(=O)CSc2cn(CCNC(=O)c3cccc(C(F)(F)F)c3)c3ccccc23)c1. The summed E-state index contributed by atoms with van der Waals surface area (Å²) in [5.74, 6) is 0.0980. The summed E-state index contributed by atoms with van der Waals surface area (Å²) in [6.45, 7) is 0.621. The van der Waals surface area contributed by atoms with Crippen LogP contribution in [0.5, 0.6) is 5.75 Å². The van der Waals surface area contributed by atoms with E-state index in [0.717, 1.165) is 27.9 Å². The average molecular weight is 528 g/mol. The van der Waals surface area contributed by atoms with E-state index in [1.54, 1.807) is 31.4 Å². The van der Waals surface area contributed by atoms with Crippen LogP contribution in [0.1, 0.15) is 15.9 Å². The molecule has 0 spiro atoms. The molecule has 2 N–H and O–H groups in total. The van der Waals surface area contributed by atoms with Gasteiger partial charge in [0.2, 0.25) is 5.91 Å². The highest BCUT2D eigenvalue weighted by Gasteiger charge is 2.30. The first-order chi connectivity index (χ1) is 17.7. The number of carbonyl (C=O) groups excluding carboxylic acids is 2. The lowest BCUT2D eigenvalue weighted by Gasteiger charge is -2.10. The zero-order chi connectivity index (χ0) is 26.4. The lowest BCUT2D eigenvalue weighted by atomic mass is 10.1. The van der Waals surface area contributed by atoms with Gasteiger partial charge in [-0.1, -0.05) is 30.3 Å². The second kappa shape index (κ2) is 11.4. The second-order valence-corrected chi connectivity index (χ2v) is 9.12. The van der Waals surface area contributed by atoms with E-state index in [0.29, 0.717) is 18.0 Å². The molecule has 6 nitrogen and oxygen atoms in total. The minimum atomic E-state index is -4.51. The van der Waals surface area contributed by atoms with E-state index in [2.05, 4.69) is 10.6 Å². The number of benzene rings is 3. The molecule has 0 fully saturated rings. The van der Waals surface area contributed by atoms with Gasteiger partial charge in [0.1, 0.15) is 5.75 Å². The lowest BCUT2D eigenvalue weighted by molar-refractivity contribution is -0.137. The molecule has 0 unspecified atom stereocenters. The Balaban J connectivity index is 1.38. The first-order valence-electron chi connectivity index (χ1n) is 11.3. The molecule has 0 saturated carbocycles. The van der Waals surface area contributed by atoms with Crippen molar-refractivity contribution in [3.8, 4) is 5.75 Å². The Bertz CT molecular complexity index is 1420. The number of nitrogens with one attached hydrogen (secondary N) is 2. The van der Waals surface area contributed by atoms with E-state index in [-0.39, 0.29) is 23.8 Å². The summed E-state index contributed by atoms with van der Waals surface area (Å²) in [4.78, 5) is 25.8. The van der Waals surface area contributed by atoms with E-state index in [4.69, 9.17) is 4.74 Å². The minimum absolute atomic E-state index is 0.0505. The van der Waals surface area contributed by atoms with Gasteiger partial charge < -0.3 is 19.9 Å². The molecule has 0 aliphatic carbocycles. The Kier molecular flexibility index (Phi) is 8.08. The minimum Gasteiger partial charge on any atom is -0.497 e. The van der Waals surface area contributed by atoms with Gasteiger partial charge in [-0.05, 0) is 36.4 Å². The normalized spacial score (nSPS) is 11.4. The summed E-state index contributed by atoms with van der Waals surface area (Å²) in [7, 11) is 1.56. The Morgan fingerprint density at radius 1 is 1.00 bits per heavy atom. The molecule has 4 aromatic rings. The quantitative estimate of drug-likeness (QED) is 0.269. The largest absolute Gasteiger partial charge is 0.497 e. The van der Waals surface area contributed by atoms with E-state index >= 15 is 0 Å². The number of thioether (sulfide) groups is 1. The number of para-hydroxylation sites is 1. The summed E-state index contributed by atoms with van der Waals surface area (Å²) >= 11 is 1.39. The maximum absolute atomic E-state index is 12.9. The topological polar surface area (TPSA) is 72.4 Å². The highest BCUT2D eigenvalue weighted by Crippen LogP contribution is 2.31. The molecule has 0 bridgehead atoms. The highest BCUT2D eigenvalue weighted by atomic mass is 32.2. The molecule has 1 heterocycles. The van der Waals surface area contributed by atoms with Crippen molar-refractivity contribution in [1.82, 2.24) is 9.88 Å². The monoisotopic (exact) mass is 527 g/mol. The predicted molar refractivity (Wildman–Crippen MR) is 138 cm³/mol. The van der Waals surface area contributed by atoms with Gasteiger partial charge >= 0.3 is 6.18 Å². The second-order valence-electron chi connectivity index (χ2n) is 8.11. The Labute approximate surface area is 215 Å². The number of carbonyl (C=O) groups is 2. The van der Waals surface area contributed by atoms with Gasteiger partial charge in [-0.15, -0.1) is 11.8 Å². The van der Waals surface area contributed by atoms with E-state index < -0.39 is 17.6 Å². The van der Waals surface area contributed by atoms with Gasteiger partial charge in [-0.25, -0.2) is 0 Å². The predicted octanol–water partition coefficient (Wildman–Crippen LogP) is 5.83. The number of halogens is 3. The molecular weight excluding hydrogens is 503 g/mol. The van der Waals surface area contributed by atoms with Crippen LogP contribution in [0.15, 0.2) is 83.9 Å². The van der Waals surface area contributed by atoms with Crippen LogP contribution in [0.2, 0.25) is 0 Å². The number of anilines is 1. The van der Waals surface area contributed by atoms with Crippen molar-refractivity contribution in [2.24, 2.45) is 0 Å². The molecule has 37 heavy (non-hydrogen) atoms. The van der Waals surface area contributed by atoms with Crippen molar-refractivity contribution in [1.29, 1.82) is 0 Å². The fraction of sp³-hybridized carbons (Fsp3) is 0.185. The summed E-state index contributed by atoms with van der Waals surface area (Å²) < 4.78 is 45.9. The van der Waals surface area contributed by atoms with Gasteiger partial charge in [0.05, 0.1) is 18.4 Å². The third-order valence-electron chi connectivity index (χ3n) is 5.55. The molecule has 0 radical (unpaired) electrons. The van der Waals surface area contributed by atoms with Crippen molar-refractivity contribution >= 4 is 40.2 Å². The number of alkyl halides is 3. The van der Waals surface area contributed by atoms with Crippen molar-refractivity contribution in [3.63, 3.8) is 0 Å². The molecular formula is C27H24F3N3O3S. The van der Waals surface area contributed by atoms with Crippen molar-refractivity contribution in [2.75, 3.05) is 24.7 Å². The maximum Gasteiger partial charge on any atom is 0.416 e. The van der Waals surface area contributed by atoms with E-state index in [1.165, 1.54) is 23.9 Å². The molecule has 192 valence electrons. The first-order valence-corrected chi connectivity index (χ1v) is 12.3. The molecule has 0 atom stereocenters. The van der Waals surface area contributed by atoms with Gasteiger partial charge in [0.25, 0.3) is 5.91 Å². The van der Waals surface area contributed by atoms with Crippen molar-refractivity contribution < 1.29 is 27.5 Å². The van der Waals surface area contributed by atoms with Crippen LogP contribution in [0.3, 0.4) is 0 Å². The van der Waals surface area contributed by atoms with Crippen molar-refractivity contribution in [2.45, 2.75) is 17.6 Å². The summed E-state index contributed by atoms with van der Waals surface area (Å²) in [6, 6.07) is 19.1. The first kappa shape index (κ1) is 26.2. The Morgan fingerprint density at radius 3 is 2.57 bits per heavy atom. The zero-order valence-corrected chi connectivity index (χ0v) is 20.7. The van der Waals surface area contributed by atoms with Gasteiger partial charge in [0.15, 0.2) is 0 Å². The number of hydrogen-bond acceptors (Lipinski definition) is 4. The number of methoxy groups -OCH3 is 1. The smallest absolute Gasteiger partial charge is 0.416 e. The number of ether oxygens (including phenoxy) is 1. The standard InChI is InChI=1S/C27H24F3N3O3S/c1-36-21-9-5-8-20(15-21)32-25(34)17-37-24-16-33(23-11-3-2-10-22(23)24)13-12-31-26(35)18-6-4-7-19(14-18)27(28,29)30/h2-11,14-16H,12-13,17H2,1H3,(H,31,35)(H,32,34). The Hall–Kier alpha value is -3.92. The van der Waals surface area contributed by atoms with Crippen LogP contribution in [0.25, 0.3) is 10.9 Å². The van der Waals surface area contributed by atoms with Crippen LogP contribution in [-0.4, -0.2) is 35.8 Å². The number of aromatic nitrogens is 1. The number of nitrogens with zero attached hydrogens (tertiary/aromatic N) is 1. The molecule has 3 aromatic carbocycles. The molecule has 1 aromatic heterocycles. The van der Waals surface area contributed by atoms with Gasteiger partial charge in [0, 0.05) is 52.4 Å². The van der Waals surface area contributed by atoms with Crippen LogP contribution in [0, 0.1) is 0 Å². The molecule has 4 rings (SSSR count). The van der Waals surface area contributed by atoms with E-state index in [9.17, 15) is 22.8 Å². The fourth-order valence-corrected chi connectivity index (χ4v) is 4.67. The molecule has 0 aliphatic rings. The van der Waals surface area contributed by atoms with Crippen LogP contribution < -0.4 is 15.4 Å². The number of rotatable bonds is 9. The Morgan fingerprint density at radius 2 is 1.78 bits per heavy atom. The lowest BCUT2D eigenvalue weighted by Crippen LogP contribution is -2.27. The molecule has 10 heteroatoms. The van der Waals surface area contributed by atoms with Crippen LogP contribution in [-0.2, 0) is 17.5 Å². The molecule has 0 aliphatic heterocycles. The van der Waals surface area contributed by atoms with E-state index in [1.807, 2.05) is 35.0 Å². The fourth-order valence-electron chi connectivity index (χ4n) is 3.78. The van der Waals surface area contributed by atoms with Crippen LogP contribution in [0.4, 0.5) is 18.9 Å². The zero-order valence-electron chi connectivity index (χ0n) is 19.8. The van der Waals surface area contributed by atoms with Crippen molar-refractivity contribution in [3.05, 3.63) is 90.1 Å². The third kappa shape index (κ3) is 6.65. The maximum atomic E-state index is 12.9.